The van der Waals surface area contributed by atoms with E-state index < -0.39 is 17.2 Å². The van der Waals surface area contributed by atoms with Gasteiger partial charge in [0.05, 0.1) is 26.8 Å². The third-order valence-electron chi connectivity index (χ3n) is 3.49. The fourth-order valence-electron chi connectivity index (χ4n) is 2.50. The van der Waals surface area contributed by atoms with Crippen molar-refractivity contribution >= 4 is 45.9 Å². The highest BCUT2D eigenvalue weighted by atomic mass is 35.5. The lowest BCUT2D eigenvalue weighted by molar-refractivity contribution is -0.137. The van der Waals surface area contributed by atoms with E-state index in [2.05, 4.69) is 0 Å². The normalized spacial score (nSPS) is 12.8. The Labute approximate surface area is 157 Å². The Bertz CT molecular complexity index is 954. The number of alkyl halides is 6. The molecule has 3 aromatic rings. The molecule has 138 valence electrons. The van der Waals surface area contributed by atoms with Crippen LogP contribution in [0.25, 0.3) is 16.6 Å². The number of fused-ring (bicyclic) bond motifs is 1. The Hall–Kier alpha value is -1.51. The Morgan fingerprint density at radius 2 is 1.46 bits per heavy atom. The first-order valence-corrected chi connectivity index (χ1v) is 8.47. The van der Waals surface area contributed by atoms with Crippen molar-refractivity contribution in [2.75, 3.05) is 0 Å². The van der Waals surface area contributed by atoms with E-state index in [-0.39, 0.29) is 37.8 Å². The predicted octanol–water partition coefficient (Wildman–Crippen LogP) is 7.57. The number of aromatic nitrogens is 1. The molecular formula is C16H7Cl2F6NS. The van der Waals surface area contributed by atoms with Crippen LogP contribution in [0.2, 0.25) is 10.0 Å². The van der Waals surface area contributed by atoms with Crippen LogP contribution in [0.1, 0.15) is 5.56 Å². The molecular weight excluding hydrogens is 423 g/mol. The minimum absolute atomic E-state index is 0.0217. The van der Waals surface area contributed by atoms with Gasteiger partial charge in [0, 0.05) is 16.5 Å². The van der Waals surface area contributed by atoms with Crippen molar-refractivity contribution in [3.63, 3.8) is 0 Å². The van der Waals surface area contributed by atoms with Crippen molar-refractivity contribution in [2.45, 2.75) is 16.6 Å². The lowest BCUT2D eigenvalue weighted by atomic mass is 10.2. The van der Waals surface area contributed by atoms with Crippen molar-refractivity contribution in [3.05, 3.63) is 58.2 Å². The van der Waals surface area contributed by atoms with Crippen molar-refractivity contribution in [1.29, 1.82) is 0 Å². The molecule has 0 fully saturated rings. The molecule has 0 unspecified atom stereocenters. The maximum atomic E-state index is 12.9. The van der Waals surface area contributed by atoms with Crippen molar-refractivity contribution in [1.82, 2.24) is 4.57 Å². The largest absolute Gasteiger partial charge is 0.446 e. The van der Waals surface area contributed by atoms with Crippen LogP contribution >= 0.6 is 35.0 Å². The predicted molar refractivity (Wildman–Crippen MR) is 90.2 cm³/mol. The zero-order valence-electron chi connectivity index (χ0n) is 12.4. The average molecular weight is 430 g/mol. The number of thioether (sulfide) groups is 1. The Kier molecular flexibility index (Phi) is 4.87. The second kappa shape index (κ2) is 6.58. The van der Waals surface area contributed by atoms with Crippen LogP contribution in [0, 0.1) is 0 Å². The fraction of sp³-hybridized carbons (Fsp3) is 0.125. The Morgan fingerprint density at radius 3 is 2.00 bits per heavy atom. The number of halogens is 8. The molecule has 1 heterocycles. The van der Waals surface area contributed by atoms with E-state index in [1.807, 2.05) is 0 Å². The second-order valence-corrected chi connectivity index (χ2v) is 7.14. The summed E-state index contributed by atoms with van der Waals surface area (Å²) in [4.78, 5) is -0.111. The molecule has 0 amide bonds. The van der Waals surface area contributed by atoms with E-state index in [9.17, 15) is 26.3 Å². The van der Waals surface area contributed by atoms with Gasteiger partial charge < -0.3 is 4.57 Å². The van der Waals surface area contributed by atoms with E-state index in [0.29, 0.717) is 17.6 Å². The first-order valence-electron chi connectivity index (χ1n) is 6.90. The Balaban J connectivity index is 2.24. The van der Waals surface area contributed by atoms with E-state index in [0.717, 1.165) is 6.20 Å². The number of benzene rings is 2. The number of nitrogens with zero attached hydrogens (tertiary/aromatic N) is 1. The van der Waals surface area contributed by atoms with Crippen LogP contribution in [-0.4, -0.2) is 10.1 Å². The van der Waals surface area contributed by atoms with Crippen LogP contribution in [0.3, 0.4) is 0 Å². The summed E-state index contributed by atoms with van der Waals surface area (Å²) in [6, 6.07) is 7.53. The highest BCUT2D eigenvalue weighted by molar-refractivity contribution is 8.00. The van der Waals surface area contributed by atoms with Crippen molar-refractivity contribution in [2.24, 2.45) is 0 Å². The van der Waals surface area contributed by atoms with Gasteiger partial charge in [-0.2, -0.15) is 26.3 Å². The molecule has 0 atom stereocenters. The van der Waals surface area contributed by atoms with Gasteiger partial charge in [-0.15, -0.1) is 0 Å². The monoisotopic (exact) mass is 429 g/mol. The number of rotatable bonds is 2. The summed E-state index contributed by atoms with van der Waals surface area (Å²) >= 11 is 11.6. The van der Waals surface area contributed by atoms with Crippen LogP contribution in [0.5, 0.6) is 0 Å². The van der Waals surface area contributed by atoms with Gasteiger partial charge in [0.1, 0.15) is 0 Å². The van der Waals surface area contributed by atoms with Gasteiger partial charge in [0.15, 0.2) is 0 Å². The number of para-hydroxylation sites is 1. The van der Waals surface area contributed by atoms with E-state index in [1.54, 1.807) is 12.1 Å². The van der Waals surface area contributed by atoms with Crippen LogP contribution < -0.4 is 0 Å². The lowest BCUT2D eigenvalue weighted by Crippen LogP contribution is -2.06. The standard InChI is InChI=1S/C16H7Cl2F6NS/c17-10-5-8(15(19,20)21)6-11(18)14(10)25-7-13(26-16(22,23)24)9-3-1-2-4-12(9)25/h1-7H. The molecule has 0 bridgehead atoms. The summed E-state index contributed by atoms with van der Waals surface area (Å²) in [6.45, 7) is 0. The first-order chi connectivity index (χ1) is 12.0. The van der Waals surface area contributed by atoms with Gasteiger partial charge in [-0.25, -0.2) is 0 Å². The van der Waals surface area contributed by atoms with Crippen LogP contribution in [0.4, 0.5) is 26.3 Å². The van der Waals surface area contributed by atoms with Crippen LogP contribution in [-0.2, 0) is 6.18 Å². The molecule has 0 radical (unpaired) electrons. The molecule has 0 aliphatic heterocycles. The summed E-state index contributed by atoms with van der Waals surface area (Å²) in [5.41, 5.74) is -5.25. The molecule has 0 saturated carbocycles. The van der Waals surface area contributed by atoms with E-state index in [4.69, 9.17) is 23.2 Å². The minimum Gasteiger partial charge on any atom is -0.313 e. The summed E-state index contributed by atoms with van der Waals surface area (Å²) in [7, 11) is 0. The smallest absolute Gasteiger partial charge is 0.313 e. The molecule has 26 heavy (non-hydrogen) atoms. The summed E-state index contributed by atoms with van der Waals surface area (Å²) in [5, 5.41) is -0.370. The van der Waals surface area contributed by atoms with E-state index >= 15 is 0 Å². The van der Waals surface area contributed by atoms with Gasteiger partial charge in [-0.05, 0) is 30.0 Å². The zero-order valence-corrected chi connectivity index (χ0v) is 14.7. The second-order valence-electron chi connectivity index (χ2n) is 5.21. The first kappa shape index (κ1) is 19.3. The third-order valence-corrected chi connectivity index (χ3v) is 4.84. The molecule has 1 nitrogen and oxygen atoms in total. The molecule has 0 spiro atoms. The quantitative estimate of drug-likeness (QED) is 0.300. The zero-order chi connectivity index (χ0) is 19.3. The maximum Gasteiger partial charge on any atom is 0.446 e. The molecule has 0 saturated heterocycles. The molecule has 2 aromatic carbocycles. The van der Waals surface area contributed by atoms with Gasteiger partial charge >= 0.3 is 11.7 Å². The molecule has 3 rings (SSSR count). The molecule has 1 aromatic heterocycles. The maximum absolute atomic E-state index is 12.9. The van der Waals surface area contributed by atoms with Gasteiger partial charge in [0.25, 0.3) is 0 Å². The van der Waals surface area contributed by atoms with Gasteiger partial charge in [0.2, 0.25) is 0 Å². The fourth-order valence-corrected chi connectivity index (χ4v) is 3.86. The highest BCUT2D eigenvalue weighted by Crippen LogP contribution is 2.44. The third kappa shape index (κ3) is 3.77. The average Bonchev–Trinajstić information content (AvgIpc) is 2.83. The number of hydrogen-bond donors (Lipinski definition) is 0. The molecule has 10 heteroatoms. The van der Waals surface area contributed by atoms with Gasteiger partial charge in [-0.1, -0.05) is 41.4 Å². The molecule has 0 N–H and O–H groups in total. The summed E-state index contributed by atoms with van der Waals surface area (Å²) in [5.74, 6) is 0. The summed E-state index contributed by atoms with van der Waals surface area (Å²) in [6.07, 6.45) is -3.49. The minimum atomic E-state index is -4.65. The lowest BCUT2D eigenvalue weighted by Gasteiger charge is -2.14. The number of hydrogen-bond acceptors (Lipinski definition) is 1. The van der Waals surface area contributed by atoms with Gasteiger partial charge in [-0.3, -0.25) is 0 Å². The van der Waals surface area contributed by atoms with Crippen molar-refractivity contribution < 1.29 is 26.3 Å². The topological polar surface area (TPSA) is 4.93 Å². The highest BCUT2D eigenvalue weighted by Gasteiger charge is 2.33. The van der Waals surface area contributed by atoms with E-state index in [1.165, 1.54) is 16.7 Å². The van der Waals surface area contributed by atoms with Crippen LogP contribution in [0.15, 0.2) is 47.5 Å². The SMILES string of the molecule is FC(F)(F)Sc1cn(-c2c(Cl)cc(C(F)(F)F)cc2Cl)c2ccccc12. The molecule has 0 aliphatic rings. The molecule has 0 aliphatic carbocycles. The Morgan fingerprint density at radius 1 is 0.885 bits per heavy atom. The van der Waals surface area contributed by atoms with Crippen molar-refractivity contribution in [3.8, 4) is 5.69 Å². The summed E-state index contributed by atoms with van der Waals surface area (Å²) < 4.78 is 78.3.